The lowest BCUT2D eigenvalue weighted by Crippen LogP contribution is -2.53. The van der Waals surface area contributed by atoms with Gasteiger partial charge in [0, 0.05) is 25.2 Å². The SMILES string of the molecule is CNC1=CC(=O)N(C2CCC(=O)NC2=O)C1. The van der Waals surface area contributed by atoms with E-state index in [0.717, 1.165) is 5.70 Å². The highest BCUT2D eigenvalue weighted by Gasteiger charge is 2.36. The maximum atomic E-state index is 11.6. The Bertz CT molecular complexity index is 389. The van der Waals surface area contributed by atoms with Crippen molar-refractivity contribution in [1.29, 1.82) is 0 Å². The molecule has 2 heterocycles. The van der Waals surface area contributed by atoms with E-state index in [-0.39, 0.29) is 24.1 Å². The Morgan fingerprint density at radius 3 is 2.75 bits per heavy atom. The van der Waals surface area contributed by atoms with Crippen LogP contribution in [0.15, 0.2) is 11.8 Å². The summed E-state index contributed by atoms with van der Waals surface area (Å²) in [7, 11) is 1.73. The minimum atomic E-state index is -0.521. The summed E-state index contributed by atoms with van der Waals surface area (Å²) in [6.45, 7) is 0.404. The van der Waals surface area contributed by atoms with Crippen LogP contribution in [0.3, 0.4) is 0 Å². The highest BCUT2D eigenvalue weighted by molar-refractivity contribution is 6.03. The number of nitrogens with zero attached hydrogens (tertiary/aromatic N) is 1. The molecule has 2 aliphatic heterocycles. The van der Waals surface area contributed by atoms with Gasteiger partial charge in [0.05, 0.1) is 6.54 Å². The van der Waals surface area contributed by atoms with Gasteiger partial charge < -0.3 is 10.2 Å². The van der Waals surface area contributed by atoms with Gasteiger partial charge in [-0.3, -0.25) is 19.7 Å². The molecule has 1 fully saturated rings. The van der Waals surface area contributed by atoms with E-state index in [2.05, 4.69) is 10.6 Å². The maximum Gasteiger partial charge on any atom is 0.249 e. The van der Waals surface area contributed by atoms with Crippen LogP contribution < -0.4 is 10.6 Å². The lowest BCUT2D eigenvalue weighted by Gasteiger charge is -2.29. The monoisotopic (exact) mass is 223 g/mol. The number of rotatable bonds is 2. The van der Waals surface area contributed by atoms with Crippen LogP contribution in [0.4, 0.5) is 0 Å². The van der Waals surface area contributed by atoms with Crippen molar-refractivity contribution in [2.75, 3.05) is 13.6 Å². The molecule has 0 spiro atoms. The van der Waals surface area contributed by atoms with E-state index < -0.39 is 6.04 Å². The van der Waals surface area contributed by atoms with E-state index in [4.69, 9.17) is 0 Å². The zero-order chi connectivity index (χ0) is 11.7. The first-order valence-corrected chi connectivity index (χ1v) is 5.14. The fraction of sp³-hybridized carbons (Fsp3) is 0.500. The number of piperidine rings is 1. The molecule has 6 nitrogen and oxygen atoms in total. The average Bonchev–Trinajstić information content (AvgIpc) is 2.60. The number of nitrogens with one attached hydrogen (secondary N) is 2. The molecular weight excluding hydrogens is 210 g/mol. The summed E-state index contributed by atoms with van der Waals surface area (Å²) in [5, 5.41) is 5.13. The fourth-order valence-corrected chi connectivity index (χ4v) is 1.93. The Morgan fingerprint density at radius 2 is 2.19 bits per heavy atom. The van der Waals surface area contributed by atoms with E-state index in [9.17, 15) is 14.4 Å². The second-order valence-electron chi connectivity index (χ2n) is 3.85. The molecule has 0 aliphatic carbocycles. The van der Waals surface area contributed by atoms with Crippen molar-refractivity contribution in [3.05, 3.63) is 11.8 Å². The van der Waals surface area contributed by atoms with Crippen LogP contribution in [0.1, 0.15) is 12.8 Å². The lowest BCUT2D eigenvalue weighted by atomic mass is 10.0. The van der Waals surface area contributed by atoms with Gasteiger partial charge in [-0.1, -0.05) is 0 Å². The van der Waals surface area contributed by atoms with Crippen molar-refractivity contribution in [3.8, 4) is 0 Å². The van der Waals surface area contributed by atoms with Gasteiger partial charge in [-0.25, -0.2) is 0 Å². The minimum absolute atomic E-state index is 0.182. The molecule has 0 aromatic heterocycles. The third kappa shape index (κ3) is 1.78. The summed E-state index contributed by atoms with van der Waals surface area (Å²) >= 11 is 0. The molecule has 0 radical (unpaired) electrons. The van der Waals surface area contributed by atoms with Crippen molar-refractivity contribution < 1.29 is 14.4 Å². The number of carbonyl (C=O) groups excluding carboxylic acids is 3. The highest BCUT2D eigenvalue weighted by Crippen LogP contribution is 2.18. The van der Waals surface area contributed by atoms with Gasteiger partial charge in [-0.2, -0.15) is 0 Å². The van der Waals surface area contributed by atoms with Crippen LogP contribution in [0.5, 0.6) is 0 Å². The summed E-state index contributed by atoms with van der Waals surface area (Å²) in [4.78, 5) is 35.6. The molecule has 1 atom stereocenters. The zero-order valence-corrected chi connectivity index (χ0v) is 8.95. The first-order valence-electron chi connectivity index (χ1n) is 5.14. The summed E-state index contributed by atoms with van der Waals surface area (Å²) in [6.07, 6.45) is 2.17. The van der Waals surface area contributed by atoms with E-state index in [0.29, 0.717) is 13.0 Å². The quantitative estimate of drug-likeness (QED) is 0.573. The zero-order valence-electron chi connectivity index (χ0n) is 8.95. The van der Waals surface area contributed by atoms with Gasteiger partial charge in [0.25, 0.3) is 0 Å². The van der Waals surface area contributed by atoms with Crippen molar-refractivity contribution >= 4 is 17.7 Å². The third-order valence-electron chi connectivity index (χ3n) is 2.83. The van der Waals surface area contributed by atoms with E-state index in [1.54, 1.807) is 7.05 Å². The minimum Gasteiger partial charge on any atom is -0.390 e. The molecule has 2 aliphatic rings. The molecule has 3 amide bonds. The second-order valence-corrected chi connectivity index (χ2v) is 3.85. The molecule has 0 saturated carbocycles. The number of hydrogen-bond acceptors (Lipinski definition) is 4. The van der Waals surface area contributed by atoms with Gasteiger partial charge in [0.1, 0.15) is 6.04 Å². The molecule has 0 aromatic rings. The molecule has 2 N–H and O–H groups in total. The summed E-state index contributed by atoms with van der Waals surface area (Å²) in [6, 6.07) is -0.521. The third-order valence-corrected chi connectivity index (χ3v) is 2.83. The van der Waals surface area contributed by atoms with E-state index in [1.807, 2.05) is 0 Å². The smallest absolute Gasteiger partial charge is 0.249 e. The summed E-state index contributed by atoms with van der Waals surface area (Å²) in [5.41, 5.74) is 0.787. The Kier molecular flexibility index (Phi) is 2.64. The molecule has 16 heavy (non-hydrogen) atoms. The largest absolute Gasteiger partial charge is 0.390 e. The van der Waals surface area contributed by atoms with Crippen LogP contribution in [0.2, 0.25) is 0 Å². The average molecular weight is 223 g/mol. The number of likely N-dealkylation sites (N-methyl/N-ethyl adjacent to an activating group) is 1. The first-order chi connectivity index (χ1) is 7.61. The van der Waals surface area contributed by atoms with Crippen LogP contribution in [-0.4, -0.2) is 42.3 Å². The van der Waals surface area contributed by atoms with Gasteiger partial charge in [-0.05, 0) is 6.42 Å². The fourth-order valence-electron chi connectivity index (χ4n) is 1.93. The van der Waals surface area contributed by atoms with Crippen LogP contribution >= 0.6 is 0 Å². The van der Waals surface area contributed by atoms with Crippen LogP contribution in [0, 0.1) is 0 Å². The van der Waals surface area contributed by atoms with Crippen molar-refractivity contribution in [3.63, 3.8) is 0 Å². The normalized spacial score (nSPS) is 25.6. The molecule has 1 saturated heterocycles. The molecule has 1 unspecified atom stereocenters. The highest BCUT2D eigenvalue weighted by atomic mass is 16.2. The van der Waals surface area contributed by atoms with Gasteiger partial charge in [0.2, 0.25) is 17.7 Å². The standard InChI is InChI=1S/C10H13N3O3/c1-11-6-4-9(15)13(5-6)7-2-3-8(14)12-10(7)16/h4,7,11H,2-3,5H2,1H3,(H,12,14,16). The van der Waals surface area contributed by atoms with Crippen molar-refractivity contribution in [2.45, 2.75) is 18.9 Å². The predicted molar refractivity (Wildman–Crippen MR) is 55.0 cm³/mol. The van der Waals surface area contributed by atoms with Crippen LogP contribution in [-0.2, 0) is 14.4 Å². The summed E-state index contributed by atoms with van der Waals surface area (Å²) < 4.78 is 0. The molecule has 0 aromatic carbocycles. The Morgan fingerprint density at radius 1 is 1.44 bits per heavy atom. The Labute approximate surface area is 92.7 Å². The number of carbonyl (C=O) groups is 3. The molecule has 86 valence electrons. The van der Waals surface area contributed by atoms with Crippen LogP contribution in [0.25, 0.3) is 0 Å². The lowest BCUT2D eigenvalue weighted by molar-refractivity contribution is -0.142. The Hall–Kier alpha value is -1.85. The number of amides is 3. The van der Waals surface area contributed by atoms with E-state index in [1.165, 1.54) is 11.0 Å². The molecular formula is C10H13N3O3. The van der Waals surface area contributed by atoms with Gasteiger partial charge in [-0.15, -0.1) is 0 Å². The summed E-state index contributed by atoms with van der Waals surface area (Å²) in [5.74, 6) is -0.830. The van der Waals surface area contributed by atoms with Gasteiger partial charge >= 0.3 is 0 Å². The second kappa shape index (κ2) is 3.96. The topological polar surface area (TPSA) is 78.5 Å². The first kappa shape index (κ1) is 10.7. The molecule has 0 bridgehead atoms. The molecule has 2 rings (SSSR count). The predicted octanol–water partition coefficient (Wildman–Crippen LogP) is -1.26. The maximum absolute atomic E-state index is 11.6. The van der Waals surface area contributed by atoms with Crippen molar-refractivity contribution in [1.82, 2.24) is 15.5 Å². The molecule has 6 heteroatoms. The van der Waals surface area contributed by atoms with Gasteiger partial charge in [0.15, 0.2) is 0 Å². The van der Waals surface area contributed by atoms with Crippen molar-refractivity contribution in [2.24, 2.45) is 0 Å². The van der Waals surface area contributed by atoms with E-state index >= 15 is 0 Å². The number of hydrogen-bond donors (Lipinski definition) is 2. The number of imide groups is 1. The Balaban J connectivity index is 2.07.